The number of amides is 2. The van der Waals surface area contributed by atoms with E-state index in [0.29, 0.717) is 5.69 Å². The fourth-order valence-corrected chi connectivity index (χ4v) is 5.09. The predicted molar refractivity (Wildman–Crippen MR) is 131 cm³/mol. The Balaban J connectivity index is 1.42. The van der Waals surface area contributed by atoms with E-state index in [1.54, 1.807) is 28.7 Å². The van der Waals surface area contributed by atoms with Crippen molar-refractivity contribution < 1.29 is 4.79 Å². The molecule has 0 fully saturated rings. The van der Waals surface area contributed by atoms with Crippen LogP contribution in [-0.4, -0.2) is 27.3 Å². The Hall–Kier alpha value is -3.30. The van der Waals surface area contributed by atoms with Gasteiger partial charge >= 0.3 is 6.03 Å². The molecule has 32 heavy (non-hydrogen) atoms. The molecule has 0 radical (unpaired) electrons. The fraction of sp³-hybridized carbons (Fsp3) is 0.217. The van der Waals surface area contributed by atoms with E-state index in [1.807, 2.05) is 56.5 Å². The second-order valence-corrected chi connectivity index (χ2v) is 9.34. The molecule has 0 aliphatic heterocycles. The van der Waals surface area contributed by atoms with Gasteiger partial charge in [-0.15, -0.1) is 22.7 Å². The Morgan fingerprint density at radius 1 is 1.12 bits per heavy atom. The van der Waals surface area contributed by atoms with Gasteiger partial charge in [0.05, 0.1) is 22.0 Å². The molecule has 0 saturated carbocycles. The summed E-state index contributed by atoms with van der Waals surface area (Å²) in [4.78, 5) is 31.2. The van der Waals surface area contributed by atoms with Crippen LogP contribution >= 0.6 is 22.7 Å². The third-order valence-corrected chi connectivity index (χ3v) is 7.09. The first kappa shape index (κ1) is 21.9. The van der Waals surface area contributed by atoms with E-state index in [2.05, 4.69) is 20.7 Å². The van der Waals surface area contributed by atoms with Crippen molar-refractivity contribution in [2.24, 2.45) is 0 Å². The number of urea groups is 1. The van der Waals surface area contributed by atoms with Crippen LogP contribution in [0.2, 0.25) is 0 Å². The molecule has 0 atom stereocenters. The van der Waals surface area contributed by atoms with Crippen molar-refractivity contribution in [3.8, 4) is 20.5 Å². The smallest absolute Gasteiger partial charge is 0.319 e. The number of rotatable bonds is 6. The Labute approximate surface area is 193 Å². The first-order valence-corrected chi connectivity index (χ1v) is 11.8. The van der Waals surface area contributed by atoms with E-state index in [9.17, 15) is 9.59 Å². The molecule has 3 heterocycles. The number of carbonyl (C=O) groups excluding carboxylic acids is 1. The Morgan fingerprint density at radius 3 is 2.72 bits per heavy atom. The molecule has 0 bridgehead atoms. The third kappa shape index (κ3) is 4.95. The van der Waals surface area contributed by atoms with Gasteiger partial charge < -0.3 is 10.6 Å². The molecule has 3 aromatic heterocycles. The molecule has 0 saturated heterocycles. The lowest BCUT2D eigenvalue weighted by atomic mass is 10.1. The van der Waals surface area contributed by atoms with Crippen molar-refractivity contribution in [1.29, 1.82) is 0 Å². The second kappa shape index (κ2) is 9.46. The second-order valence-electron chi connectivity index (χ2n) is 7.39. The Kier molecular flexibility index (Phi) is 6.48. The van der Waals surface area contributed by atoms with Gasteiger partial charge in [0.1, 0.15) is 10.7 Å². The molecule has 2 N–H and O–H groups in total. The number of hydrogen-bond donors (Lipinski definition) is 2. The number of anilines is 1. The minimum Gasteiger partial charge on any atom is -0.336 e. The normalized spacial score (nSPS) is 10.8. The molecule has 4 rings (SSSR count). The number of aromatic nitrogens is 3. The maximum Gasteiger partial charge on any atom is 0.319 e. The molecule has 164 valence electrons. The highest BCUT2D eigenvalue weighted by Crippen LogP contribution is 2.35. The molecule has 0 aliphatic rings. The summed E-state index contributed by atoms with van der Waals surface area (Å²) in [5, 5.41) is 13.1. The number of hydrogen-bond acceptors (Lipinski definition) is 6. The highest BCUT2D eigenvalue weighted by atomic mass is 32.1. The topological polar surface area (TPSA) is 88.9 Å². The summed E-state index contributed by atoms with van der Waals surface area (Å²) in [7, 11) is 0. The summed E-state index contributed by atoms with van der Waals surface area (Å²) in [6.07, 6.45) is 0. The number of carbonyl (C=O) groups is 1. The lowest BCUT2D eigenvalue weighted by Crippen LogP contribution is -2.34. The van der Waals surface area contributed by atoms with E-state index in [0.717, 1.165) is 37.3 Å². The van der Waals surface area contributed by atoms with Crippen LogP contribution < -0.4 is 16.2 Å². The van der Waals surface area contributed by atoms with Crippen molar-refractivity contribution >= 4 is 34.4 Å². The van der Waals surface area contributed by atoms with Crippen molar-refractivity contribution in [3.05, 3.63) is 75.0 Å². The molecule has 0 aliphatic carbocycles. The summed E-state index contributed by atoms with van der Waals surface area (Å²) in [6, 6.07) is 12.8. The average molecular weight is 466 g/mol. The highest BCUT2D eigenvalue weighted by molar-refractivity contribution is 7.23. The number of thiazole rings is 1. The van der Waals surface area contributed by atoms with Gasteiger partial charge in [-0.1, -0.05) is 23.8 Å². The van der Waals surface area contributed by atoms with E-state index < -0.39 is 0 Å². The minimum absolute atomic E-state index is 0.217. The predicted octanol–water partition coefficient (Wildman–Crippen LogP) is 4.84. The van der Waals surface area contributed by atoms with Gasteiger partial charge in [-0.05, 0) is 49.9 Å². The monoisotopic (exact) mass is 465 g/mol. The summed E-state index contributed by atoms with van der Waals surface area (Å²) >= 11 is 3.20. The van der Waals surface area contributed by atoms with E-state index >= 15 is 0 Å². The SMILES string of the molecule is Cc1ccc(NC(=O)NCCn2nc(-c3sc(-c4cccs4)nc3C)ccc2=O)c(C)c1. The zero-order valence-corrected chi connectivity index (χ0v) is 19.6. The summed E-state index contributed by atoms with van der Waals surface area (Å²) in [5.41, 5.74) is 4.24. The largest absolute Gasteiger partial charge is 0.336 e. The van der Waals surface area contributed by atoms with Crippen LogP contribution in [0.1, 0.15) is 16.8 Å². The van der Waals surface area contributed by atoms with Crippen molar-refractivity contribution in [3.63, 3.8) is 0 Å². The van der Waals surface area contributed by atoms with Crippen molar-refractivity contribution in [2.45, 2.75) is 27.3 Å². The molecule has 0 unspecified atom stereocenters. The van der Waals surface area contributed by atoms with Crippen LogP contribution in [0.25, 0.3) is 20.5 Å². The zero-order valence-electron chi connectivity index (χ0n) is 18.0. The van der Waals surface area contributed by atoms with Crippen LogP contribution in [-0.2, 0) is 6.54 Å². The van der Waals surface area contributed by atoms with Crippen LogP contribution in [0, 0.1) is 20.8 Å². The number of aryl methyl sites for hydroxylation is 3. The van der Waals surface area contributed by atoms with Crippen LogP contribution in [0.4, 0.5) is 10.5 Å². The van der Waals surface area contributed by atoms with Crippen molar-refractivity contribution in [2.75, 3.05) is 11.9 Å². The van der Waals surface area contributed by atoms with Gasteiger partial charge in [-0.25, -0.2) is 14.5 Å². The maximum atomic E-state index is 12.3. The first-order valence-electron chi connectivity index (χ1n) is 10.1. The quantitative estimate of drug-likeness (QED) is 0.426. The number of nitrogens with zero attached hydrogens (tertiary/aromatic N) is 3. The summed E-state index contributed by atoms with van der Waals surface area (Å²) in [5.74, 6) is 0. The summed E-state index contributed by atoms with van der Waals surface area (Å²) in [6.45, 7) is 6.44. The molecular formula is C23H23N5O2S2. The third-order valence-electron chi connectivity index (χ3n) is 4.87. The number of nitrogens with one attached hydrogen (secondary N) is 2. The Morgan fingerprint density at radius 2 is 1.97 bits per heavy atom. The Bertz CT molecular complexity index is 1310. The van der Waals surface area contributed by atoms with Crippen LogP contribution in [0.3, 0.4) is 0 Å². The van der Waals surface area contributed by atoms with Gasteiger partial charge in [-0.2, -0.15) is 5.10 Å². The number of thiophene rings is 1. The molecule has 2 amide bonds. The maximum absolute atomic E-state index is 12.3. The van der Waals surface area contributed by atoms with Crippen LogP contribution in [0.5, 0.6) is 0 Å². The van der Waals surface area contributed by atoms with E-state index in [1.165, 1.54) is 10.7 Å². The van der Waals surface area contributed by atoms with Gasteiger partial charge in [0, 0.05) is 18.3 Å². The van der Waals surface area contributed by atoms with Crippen LogP contribution in [0.15, 0.2) is 52.6 Å². The lowest BCUT2D eigenvalue weighted by molar-refractivity contribution is 0.251. The molecule has 0 spiro atoms. The molecule has 7 nitrogen and oxygen atoms in total. The lowest BCUT2D eigenvalue weighted by Gasteiger charge is -2.11. The highest BCUT2D eigenvalue weighted by Gasteiger charge is 2.14. The molecular weight excluding hydrogens is 442 g/mol. The van der Waals surface area contributed by atoms with Gasteiger partial charge in [0.2, 0.25) is 0 Å². The van der Waals surface area contributed by atoms with Crippen molar-refractivity contribution in [1.82, 2.24) is 20.1 Å². The first-order chi connectivity index (χ1) is 15.4. The average Bonchev–Trinajstić information content (AvgIpc) is 3.41. The van der Waals surface area contributed by atoms with E-state index in [4.69, 9.17) is 0 Å². The van der Waals surface area contributed by atoms with Gasteiger partial charge in [0.25, 0.3) is 5.56 Å². The van der Waals surface area contributed by atoms with E-state index in [-0.39, 0.29) is 24.7 Å². The zero-order chi connectivity index (χ0) is 22.7. The standard InChI is InChI=1S/C23H23N5O2S2/c1-14-6-7-17(15(2)13-14)26-23(30)24-10-11-28-20(29)9-8-18(27-28)21-16(3)25-22(32-21)19-5-4-12-31-19/h4-9,12-13H,10-11H2,1-3H3,(H2,24,26,30). The molecule has 9 heteroatoms. The summed E-state index contributed by atoms with van der Waals surface area (Å²) < 4.78 is 1.37. The molecule has 4 aromatic rings. The molecule has 1 aromatic carbocycles. The fourth-order valence-electron chi connectivity index (χ4n) is 3.27. The number of benzene rings is 1. The van der Waals surface area contributed by atoms with Gasteiger partial charge in [0.15, 0.2) is 0 Å². The van der Waals surface area contributed by atoms with Gasteiger partial charge in [-0.3, -0.25) is 4.79 Å². The minimum atomic E-state index is -0.319.